The lowest BCUT2D eigenvalue weighted by Crippen LogP contribution is -2.23. The second-order valence-corrected chi connectivity index (χ2v) is 5.87. The topological polar surface area (TPSA) is 56.6 Å². The molecule has 0 bridgehead atoms. The summed E-state index contributed by atoms with van der Waals surface area (Å²) in [5, 5.41) is 3.48. The predicted octanol–water partition coefficient (Wildman–Crippen LogP) is 3.61. The van der Waals surface area contributed by atoms with Gasteiger partial charge in [-0.1, -0.05) is 12.1 Å². The van der Waals surface area contributed by atoms with Crippen LogP contribution in [0.1, 0.15) is 21.6 Å². The molecule has 1 aliphatic heterocycles. The van der Waals surface area contributed by atoms with Gasteiger partial charge in [-0.15, -0.1) is 13.2 Å². The molecule has 1 aromatic carbocycles. The first-order valence-electron chi connectivity index (χ1n) is 7.85. The minimum Gasteiger partial charge on any atom is -0.465 e. The van der Waals surface area contributed by atoms with Crippen molar-refractivity contribution < 1.29 is 40.6 Å². The fraction of sp³-hybridized carbons (Fsp3) is 0.375. The number of carbonyl (C=O) groups is 1. The molecule has 0 amide bonds. The number of anilines is 1. The van der Waals surface area contributed by atoms with E-state index < -0.39 is 35.5 Å². The summed E-state index contributed by atoms with van der Waals surface area (Å²) in [6.45, 7) is 0.440. The molecular weight excluding hydrogens is 396 g/mol. The van der Waals surface area contributed by atoms with Gasteiger partial charge in [-0.05, 0) is 17.7 Å². The first-order valence-corrected chi connectivity index (χ1v) is 7.85. The van der Waals surface area contributed by atoms with Crippen LogP contribution in [0.15, 0.2) is 24.3 Å². The fourth-order valence-electron chi connectivity index (χ4n) is 2.91. The monoisotopic (exact) mass is 409 g/mol. The fourth-order valence-corrected chi connectivity index (χ4v) is 2.91. The van der Waals surface area contributed by atoms with E-state index in [1.807, 2.05) is 0 Å². The summed E-state index contributed by atoms with van der Waals surface area (Å²) in [5.74, 6) is -1.64. The van der Waals surface area contributed by atoms with Gasteiger partial charge < -0.3 is 14.4 Å². The zero-order valence-electron chi connectivity index (χ0n) is 14.3. The third kappa shape index (κ3) is 3.99. The van der Waals surface area contributed by atoms with Gasteiger partial charge in [0.2, 0.25) is 0 Å². The normalized spacial score (nSPS) is 14.2. The Hall–Kier alpha value is -2.92. The summed E-state index contributed by atoms with van der Waals surface area (Å²) in [6, 6.07) is 4.89. The molecule has 0 aliphatic carbocycles. The second-order valence-electron chi connectivity index (χ2n) is 5.87. The molecule has 152 valence electrons. The molecule has 0 spiro atoms. The molecule has 0 atom stereocenters. The summed E-state index contributed by atoms with van der Waals surface area (Å²) < 4.78 is 85.6. The number of halogens is 6. The van der Waals surface area contributed by atoms with Crippen LogP contribution in [-0.2, 0) is 24.0 Å². The lowest BCUT2D eigenvalue weighted by Gasteiger charge is -2.19. The molecule has 0 unspecified atom stereocenters. The molecule has 0 radical (unpaired) electrons. The van der Waals surface area contributed by atoms with Crippen LogP contribution in [0.25, 0.3) is 0 Å². The summed E-state index contributed by atoms with van der Waals surface area (Å²) in [4.78, 5) is 13.4. The van der Waals surface area contributed by atoms with Crippen molar-refractivity contribution in [3.8, 4) is 5.75 Å². The number of benzene rings is 1. The Morgan fingerprint density at radius 1 is 1.11 bits per heavy atom. The third-order valence-corrected chi connectivity index (χ3v) is 4.00. The Morgan fingerprint density at radius 3 is 2.29 bits per heavy atom. The molecule has 28 heavy (non-hydrogen) atoms. The van der Waals surface area contributed by atoms with Gasteiger partial charge in [0.05, 0.1) is 13.7 Å². The van der Waals surface area contributed by atoms with Crippen molar-refractivity contribution in [2.75, 3.05) is 18.6 Å². The summed E-state index contributed by atoms with van der Waals surface area (Å²) in [6.07, 6.45) is -9.67. The van der Waals surface area contributed by atoms with Crippen molar-refractivity contribution in [3.05, 3.63) is 41.1 Å². The average molecular weight is 409 g/mol. The second kappa shape index (κ2) is 6.91. The van der Waals surface area contributed by atoms with Crippen LogP contribution in [0.4, 0.5) is 32.2 Å². The van der Waals surface area contributed by atoms with Crippen molar-refractivity contribution in [2.45, 2.75) is 25.6 Å². The molecule has 1 aromatic heterocycles. The van der Waals surface area contributed by atoms with Crippen LogP contribution < -0.4 is 9.64 Å². The largest absolute Gasteiger partial charge is 0.573 e. The van der Waals surface area contributed by atoms with E-state index in [1.54, 1.807) is 0 Å². The Balaban J connectivity index is 1.88. The number of nitrogens with zero attached hydrogens (tertiary/aromatic N) is 3. The van der Waals surface area contributed by atoms with Crippen LogP contribution in [-0.4, -0.2) is 35.8 Å². The molecule has 2 aromatic rings. The maximum atomic E-state index is 13.2. The first-order chi connectivity index (χ1) is 13.0. The van der Waals surface area contributed by atoms with Crippen LogP contribution >= 0.6 is 0 Å². The van der Waals surface area contributed by atoms with E-state index in [2.05, 4.69) is 14.6 Å². The van der Waals surface area contributed by atoms with Crippen LogP contribution in [0.5, 0.6) is 5.75 Å². The highest BCUT2D eigenvalue weighted by molar-refractivity contribution is 5.96. The number of methoxy groups -OCH3 is 1. The lowest BCUT2D eigenvalue weighted by atomic mass is 10.1. The van der Waals surface area contributed by atoms with Gasteiger partial charge in [0, 0.05) is 13.1 Å². The number of hydrogen-bond acceptors (Lipinski definition) is 5. The van der Waals surface area contributed by atoms with Crippen LogP contribution in [0.2, 0.25) is 0 Å². The lowest BCUT2D eigenvalue weighted by molar-refractivity contribution is -0.274. The van der Waals surface area contributed by atoms with Gasteiger partial charge in [-0.2, -0.15) is 18.3 Å². The molecule has 6 nitrogen and oxygen atoms in total. The van der Waals surface area contributed by atoms with Gasteiger partial charge in [0.25, 0.3) is 0 Å². The number of aromatic nitrogens is 2. The van der Waals surface area contributed by atoms with Gasteiger partial charge in [-0.3, -0.25) is 0 Å². The standard InChI is InChI=1S/C16H13F6N3O3/c1-27-14(26)11-12(15(17,18)19)23-25-7-6-24(13(11)25)8-9-2-4-10(5-3-9)28-16(20,21)22/h2-5H,6-8H2,1H3. The molecule has 2 heterocycles. The molecule has 1 aliphatic rings. The Bertz CT molecular complexity index is 873. The number of fused-ring (bicyclic) bond motifs is 1. The van der Waals surface area contributed by atoms with E-state index in [0.29, 0.717) is 5.56 Å². The number of carbonyl (C=O) groups excluding carboxylic acids is 1. The average Bonchev–Trinajstić information content (AvgIpc) is 3.14. The highest BCUT2D eigenvalue weighted by Crippen LogP contribution is 2.38. The van der Waals surface area contributed by atoms with Crippen molar-refractivity contribution in [1.82, 2.24) is 9.78 Å². The van der Waals surface area contributed by atoms with E-state index in [9.17, 15) is 31.1 Å². The first kappa shape index (κ1) is 19.8. The van der Waals surface area contributed by atoms with E-state index in [1.165, 1.54) is 17.0 Å². The van der Waals surface area contributed by atoms with Gasteiger partial charge in [0.15, 0.2) is 5.69 Å². The van der Waals surface area contributed by atoms with E-state index >= 15 is 0 Å². The number of hydrogen-bond donors (Lipinski definition) is 0. The molecule has 0 saturated carbocycles. The molecule has 3 rings (SSSR count). The van der Waals surface area contributed by atoms with E-state index in [4.69, 9.17) is 0 Å². The predicted molar refractivity (Wildman–Crippen MR) is 82.7 cm³/mol. The quantitative estimate of drug-likeness (QED) is 0.571. The number of esters is 1. The maximum Gasteiger partial charge on any atom is 0.573 e. The highest BCUT2D eigenvalue weighted by atomic mass is 19.4. The molecular formula is C16H13F6N3O3. The Kier molecular flexibility index (Phi) is 4.90. The molecule has 12 heteroatoms. The Morgan fingerprint density at radius 2 is 1.75 bits per heavy atom. The number of ether oxygens (including phenoxy) is 2. The van der Waals surface area contributed by atoms with Gasteiger partial charge in [-0.25, -0.2) is 9.48 Å². The smallest absolute Gasteiger partial charge is 0.465 e. The third-order valence-electron chi connectivity index (χ3n) is 4.00. The summed E-state index contributed by atoms with van der Waals surface area (Å²) in [5.41, 5.74) is -1.52. The van der Waals surface area contributed by atoms with Gasteiger partial charge >= 0.3 is 18.5 Å². The maximum absolute atomic E-state index is 13.2. The van der Waals surface area contributed by atoms with E-state index in [0.717, 1.165) is 23.9 Å². The van der Waals surface area contributed by atoms with Crippen molar-refractivity contribution in [3.63, 3.8) is 0 Å². The highest BCUT2D eigenvalue weighted by Gasteiger charge is 2.44. The molecule has 0 N–H and O–H groups in total. The minimum atomic E-state index is -4.84. The SMILES string of the molecule is COC(=O)c1c(C(F)(F)F)nn2c1N(Cc1ccc(OC(F)(F)F)cc1)CC2. The van der Waals surface area contributed by atoms with Gasteiger partial charge in [0.1, 0.15) is 17.1 Å². The molecule has 0 fully saturated rings. The van der Waals surface area contributed by atoms with Crippen LogP contribution in [0, 0.1) is 0 Å². The van der Waals surface area contributed by atoms with Crippen molar-refractivity contribution >= 4 is 11.8 Å². The minimum absolute atomic E-state index is 0.0465. The molecule has 0 saturated heterocycles. The number of alkyl halides is 6. The summed E-state index contributed by atoms with van der Waals surface area (Å²) in [7, 11) is 0.964. The van der Waals surface area contributed by atoms with Crippen molar-refractivity contribution in [1.29, 1.82) is 0 Å². The zero-order valence-corrected chi connectivity index (χ0v) is 14.3. The Labute approximate surface area is 154 Å². The van der Waals surface area contributed by atoms with Crippen LogP contribution in [0.3, 0.4) is 0 Å². The summed E-state index contributed by atoms with van der Waals surface area (Å²) >= 11 is 0. The van der Waals surface area contributed by atoms with Crippen molar-refractivity contribution in [2.24, 2.45) is 0 Å². The number of rotatable bonds is 4. The van der Waals surface area contributed by atoms with E-state index in [-0.39, 0.29) is 25.5 Å². The zero-order chi connectivity index (χ0) is 20.7.